The van der Waals surface area contributed by atoms with E-state index in [1.165, 1.54) is 31.4 Å². The molecule has 0 bridgehead atoms. The minimum Gasteiger partial charge on any atom is -0.371 e. The van der Waals surface area contributed by atoms with Crippen LogP contribution in [0.3, 0.4) is 0 Å². The molecule has 1 saturated carbocycles. The summed E-state index contributed by atoms with van der Waals surface area (Å²) in [6.45, 7) is 1.35. The van der Waals surface area contributed by atoms with Gasteiger partial charge in [-0.05, 0) is 49.9 Å². The Morgan fingerprint density at radius 1 is 1.00 bits per heavy atom. The molecule has 0 radical (unpaired) electrons. The lowest BCUT2D eigenvalue weighted by atomic mass is 9.93. The summed E-state index contributed by atoms with van der Waals surface area (Å²) in [6.07, 6.45) is 3.11. The van der Waals surface area contributed by atoms with E-state index >= 15 is 0 Å². The van der Waals surface area contributed by atoms with E-state index in [4.69, 9.17) is 0 Å². The van der Waals surface area contributed by atoms with Gasteiger partial charge in [-0.15, -0.1) is 0 Å². The van der Waals surface area contributed by atoms with Crippen LogP contribution in [-0.2, 0) is 11.0 Å². The van der Waals surface area contributed by atoms with Crippen LogP contribution in [0.2, 0.25) is 0 Å². The maximum absolute atomic E-state index is 12.7. The average Bonchev–Trinajstić information content (AvgIpc) is 2.62. The Morgan fingerprint density at radius 3 is 2.32 bits per heavy atom. The van der Waals surface area contributed by atoms with Gasteiger partial charge in [0.1, 0.15) is 0 Å². The van der Waals surface area contributed by atoms with Crippen molar-refractivity contribution in [2.24, 2.45) is 5.92 Å². The summed E-state index contributed by atoms with van der Waals surface area (Å²) in [5, 5.41) is 3.18. The van der Waals surface area contributed by atoms with Gasteiger partial charge >= 0.3 is 6.18 Å². The number of benzene rings is 1. The number of carbonyl (C=O) groups excluding carboxylic acids is 1. The van der Waals surface area contributed by atoms with Gasteiger partial charge in [-0.3, -0.25) is 4.79 Å². The summed E-state index contributed by atoms with van der Waals surface area (Å²) in [4.78, 5) is 14.6. The molecule has 6 heteroatoms. The molecule has 25 heavy (non-hydrogen) atoms. The first-order valence-corrected chi connectivity index (χ1v) is 9.16. The van der Waals surface area contributed by atoms with E-state index < -0.39 is 11.7 Å². The van der Waals surface area contributed by atoms with Crippen molar-refractivity contribution in [3.8, 4) is 0 Å². The van der Waals surface area contributed by atoms with Crippen molar-refractivity contribution in [1.29, 1.82) is 0 Å². The van der Waals surface area contributed by atoms with Crippen molar-refractivity contribution >= 4 is 11.6 Å². The summed E-state index contributed by atoms with van der Waals surface area (Å²) in [5.41, 5.74) is 0.114. The molecule has 3 nitrogen and oxygen atoms in total. The van der Waals surface area contributed by atoms with Crippen LogP contribution >= 0.6 is 0 Å². The van der Waals surface area contributed by atoms with E-state index in [9.17, 15) is 18.0 Å². The average molecular weight is 354 g/mol. The van der Waals surface area contributed by atoms with E-state index in [0.717, 1.165) is 50.0 Å². The highest BCUT2D eigenvalue weighted by Crippen LogP contribution is 2.31. The number of amides is 1. The lowest BCUT2D eigenvalue weighted by Crippen LogP contribution is -2.46. The van der Waals surface area contributed by atoms with Gasteiger partial charge in [-0.25, -0.2) is 0 Å². The number of piperidine rings is 1. The van der Waals surface area contributed by atoms with Crippen molar-refractivity contribution in [3.05, 3.63) is 29.8 Å². The molecule has 0 unspecified atom stereocenters. The van der Waals surface area contributed by atoms with Crippen LogP contribution < -0.4 is 10.2 Å². The molecule has 1 atom stereocenters. The minimum absolute atomic E-state index is 0.0852. The molecule has 1 aromatic rings. The molecule has 1 aliphatic heterocycles. The van der Waals surface area contributed by atoms with Crippen molar-refractivity contribution in [2.45, 2.75) is 57.2 Å². The minimum atomic E-state index is -4.32. The topological polar surface area (TPSA) is 32.3 Å². The van der Waals surface area contributed by atoms with Gasteiger partial charge in [-0.2, -0.15) is 13.2 Å². The highest BCUT2D eigenvalue weighted by atomic mass is 19.4. The summed E-state index contributed by atoms with van der Waals surface area (Å²) < 4.78 is 38.1. The zero-order chi connectivity index (χ0) is 17.9. The maximum atomic E-state index is 12.7. The third-order valence-electron chi connectivity index (χ3n) is 5.30. The summed E-state index contributed by atoms with van der Waals surface area (Å²) in [7, 11) is 0. The Bertz CT molecular complexity index is 579. The molecule has 1 aromatic carbocycles. The van der Waals surface area contributed by atoms with Gasteiger partial charge in [0.05, 0.1) is 11.5 Å². The monoisotopic (exact) mass is 354 g/mol. The van der Waals surface area contributed by atoms with E-state index in [1.807, 2.05) is 4.90 Å². The Kier molecular flexibility index (Phi) is 5.54. The van der Waals surface area contributed by atoms with Crippen molar-refractivity contribution in [1.82, 2.24) is 5.32 Å². The highest BCUT2D eigenvalue weighted by Gasteiger charge is 2.31. The number of anilines is 1. The number of carbonyl (C=O) groups is 1. The molecule has 1 saturated heterocycles. The zero-order valence-electron chi connectivity index (χ0n) is 14.3. The predicted octanol–water partition coefficient (Wildman–Crippen LogP) is 4.37. The summed E-state index contributed by atoms with van der Waals surface area (Å²) in [6, 6.07) is 5.53. The van der Waals surface area contributed by atoms with E-state index in [2.05, 4.69) is 5.32 Å². The standard InChI is InChI=1S/C19H25F3N2O/c20-19(21,22)15-8-10-17(11-9-15)24-12-4-5-14(13-24)18(25)23-16-6-2-1-3-7-16/h8-11,14,16H,1-7,12-13H2,(H,23,25)/t14-/m0/s1. The molecular weight excluding hydrogens is 329 g/mol. The normalized spacial score (nSPS) is 22.7. The molecule has 0 spiro atoms. The molecule has 138 valence electrons. The highest BCUT2D eigenvalue weighted by molar-refractivity contribution is 5.80. The second-order valence-corrected chi connectivity index (χ2v) is 7.17. The number of nitrogens with zero attached hydrogens (tertiary/aromatic N) is 1. The Morgan fingerprint density at radius 2 is 1.68 bits per heavy atom. The number of hydrogen-bond donors (Lipinski definition) is 1. The molecule has 1 heterocycles. The van der Waals surface area contributed by atoms with Gasteiger partial charge in [-0.1, -0.05) is 19.3 Å². The second-order valence-electron chi connectivity index (χ2n) is 7.17. The largest absolute Gasteiger partial charge is 0.416 e. The van der Waals surface area contributed by atoms with Crippen LogP contribution in [0.15, 0.2) is 24.3 Å². The molecule has 3 rings (SSSR count). The van der Waals surface area contributed by atoms with Crippen molar-refractivity contribution in [3.63, 3.8) is 0 Å². The smallest absolute Gasteiger partial charge is 0.371 e. The maximum Gasteiger partial charge on any atom is 0.416 e. The fourth-order valence-corrected chi connectivity index (χ4v) is 3.85. The van der Waals surface area contributed by atoms with Crippen molar-refractivity contribution in [2.75, 3.05) is 18.0 Å². The van der Waals surface area contributed by atoms with E-state index in [-0.39, 0.29) is 11.8 Å². The molecule has 0 aromatic heterocycles. The van der Waals surface area contributed by atoms with Crippen LogP contribution in [0, 0.1) is 5.92 Å². The third kappa shape index (κ3) is 4.67. The zero-order valence-corrected chi connectivity index (χ0v) is 14.3. The van der Waals surface area contributed by atoms with E-state index in [0.29, 0.717) is 12.6 Å². The number of hydrogen-bond acceptors (Lipinski definition) is 2. The SMILES string of the molecule is O=C(NC1CCCCC1)[C@H]1CCCN(c2ccc(C(F)(F)F)cc2)C1. The lowest BCUT2D eigenvalue weighted by Gasteiger charge is -2.35. The first-order valence-electron chi connectivity index (χ1n) is 9.16. The predicted molar refractivity (Wildman–Crippen MR) is 91.4 cm³/mol. The third-order valence-corrected chi connectivity index (χ3v) is 5.30. The van der Waals surface area contributed by atoms with Crippen LogP contribution in [0.4, 0.5) is 18.9 Å². The first-order chi connectivity index (χ1) is 11.9. The Labute approximate surface area is 146 Å². The first kappa shape index (κ1) is 18.1. The fraction of sp³-hybridized carbons (Fsp3) is 0.632. The Balaban J connectivity index is 1.59. The van der Waals surface area contributed by atoms with Gasteiger partial charge in [0, 0.05) is 24.8 Å². The quantitative estimate of drug-likeness (QED) is 0.874. The summed E-state index contributed by atoms with van der Waals surface area (Å²) in [5.74, 6) is 0.0153. The van der Waals surface area contributed by atoms with Gasteiger partial charge < -0.3 is 10.2 Å². The van der Waals surface area contributed by atoms with Crippen LogP contribution in [-0.4, -0.2) is 25.0 Å². The van der Waals surface area contributed by atoms with Gasteiger partial charge in [0.15, 0.2) is 0 Å². The number of nitrogens with one attached hydrogen (secondary N) is 1. The molecule has 1 aliphatic carbocycles. The van der Waals surface area contributed by atoms with Crippen molar-refractivity contribution < 1.29 is 18.0 Å². The second kappa shape index (κ2) is 7.67. The molecule has 1 N–H and O–H groups in total. The van der Waals surface area contributed by atoms with Crippen LogP contribution in [0.1, 0.15) is 50.5 Å². The molecule has 2 aliphatic rings. The molecular formula is C19H25F3N2O. The van der Waals surface area contributed by atoms with Gasteiger partial charge in [0.2, 0.25) is 5.91 Å². The van der Waals surface area contributed by atoms with E-state index in [1.54, 1.807) is 0 Å². The molecule has 2 fully saturated rings. The lowest BCUT2D eigenvalue weighted by molar-refractivity contribution is -0.137. The van der Waals surface area contributed by atoms with Gasteiger partial charge in [0.25, 0.3) is 0 Å². The summed E-state index contributed by atoms with van der Waals surface area (Å²) >= 11 is 0. The van der Waals surface area contributed by atoms with Crippen LogP contribution in [0.5, 0.6) is 0 Å². The number of halogens is 3. The molecule has 1 amide bonds. The van der Waals surface area contributed by atoms with Crippen LogP contribution in [0.25, 0.3) is 0 Å². The number of alkyl halides is 3. The Hall–Kier alpha value is -1.72. The fourth-order valence-electron chi connectivity index (χ4n) is 3.85. The number of rotatable bonds is 3.